The van der Waals surface area contributed by atoms with Gasteiger partial charge in [0.05, 0.1) is 12.7 Å². The molecule has 0 unspecified atom stereocenters. The molecule has 0 N–H and O–H groups in total. The van der Waals surface area contributed by atoms with Gasteiger partial charge in [-0.25, -0.2) is 0 Å². The second-order valence-electron chi connectivity index (χ2n) is 2.92. The third kappa shape index (κ3) is 3.32. The molecular weight excluding hydrogens is 166 g/mol. The minimum Gasteiger partial charge on any atom is -0.616 e. The third-order valence-electron chi connectivity index (χ3n) is 1.79. The fourth-order valence-corrected chi connectivity index (χ4v) is 1.05. The zero-order valence-electron chi connectivity index (χ0n) is 7.90. The van der Waals surface area contributed by atoms with E-state index in [0.717, 1.165) is 24.0 Å². The summed E-state index contributed by atoms with van der Waals surface area (Å²) >= 11 is 0. The predicted octanol–water partition coefficient (Wildman–Crippen LogP) is 1.89. The maximum Gasteiger partial charge on any atom is 0.379 e. The van der Waals surface area contributed by atoms with Crippen molar-refractivity contribution in [3.8, 4) is 5.88 Å². The molecule has 72 valence electrons. The Kier molecular flexibility index (Phi) is 4.09. The molecular formula is C10H15NO2. The van der Waals surface area contributed by atoms with Crippen molar-refractivity contribution < 1.29 is 9.47 Å². The fraction of sp³-hybridized carbons (Fsp3) is 0.500. The minimum atomic E-state index is 0.388. The summed E-state index contributed by atoms with van der Waals surface area (Å²) in [6.07, 6.45) is 4.75. The Morgan fingerprint density at radius 3 is 2.92 bits per heavy atom. The fourth-order valence-electron chi connectivity index (χ4n) is 1.05. The van der Waals surface area contributed by atoms with E-state index in [1.807, 2.05) is 0 Å². The summed E-state index contributed by atoms with van der Waals surface area (Å²) < 4.78 is 6.03. The Morgan fingerprint density at radius 2 is 2.23 bits per heavy atom. The summed E-state index contributed by atoms with van der Waals surface area (Å²) in [7, 11) is 0. The van der Waals surface area contributed by atoms with Crippen molar-refractivity contribution in [2.75, 3.05) is 6.61 Å². The molecule has 0 fully saturated rings. The molecule has 0 aliphatic rings. The van der Waals surface area contributed by atoms with Gasteiger partial charge in [0, 0.05) is 6.07 Å². The first kappa shape index (κ1) is 9.84. The number of nitrogens with zero attached hydrogens (tertiary/aromatic N) is 1. The molecule has 3 heteroatoms. The highest BCUT2D eigenvalue weighted by Crippen LogP contribution is 2.02. The SMILES string of the molecule is CCCCCOc1cccc[n+]1[O-]. The van der Waals surface area contributed by atoms with E-state index < -0.39 is 0 Å². The molecule has 3 nitrogen and oxygen atoms in total. The molecule has 0 bridgehead atoms. The number of unbranched alkanes of at least 4 members (excludes halogenated alkanes) is 2. The van der Waals surface area contributed by atoms with Gasteiger partial charge in [-0.15, -0.1) is 4.73 Å². The van der Waals surface area contributed by atoms with Gasteiger partial charge >= 0.3 is 5.88 Å². The number of hydrogen-bond donors (Lipinski definition) is 0. The zero-order chi connectivity index (χ0) is 9.52. The van der Waals surface area contributed by atoms with Crippen LogP contribution < -0.4 is 9.47 Å². The van der Waals surface area contributed by atoms with E-state index >= 15 is 0 Å². The van der Waals surface area contributed by atoms with Crippen LogP contribution in [0.2, 0.25) is 0 Å². The van der Waals surface area contributed by atoms with E-state index in [9.17, 15) is 5.21 Å². The van der Waals surface area contributed by atoms with E-state index in [0.29, 0.717) is 12.5 Å². The average Bonchev–Trinajstić information content (AvgIpc) is 2.15. The van der Waals surface area contributed by atoms with Crippen LogP contribution in [0.1, 0.15) is 26.2 Å². The Hall–Kier alpha value is -1.25. The maximum absolute atomic E-state index is 11.1. The second kappa shape index (κ2) is 5.41. The number of hydrogen-bond acceptors (Lipinski definition) is 2. The maximum atomic E-state index is 11.1. The lowest BCUT2D eigenvalue weighted by Crippen LogP contribution is -2.28. The summed E-state index contributed by atoms with van der Waals surface area (Å²) in [5.74, 6) is 0.388. The van der Waals surface area contributed by atoms with Gasteiger partial charge in [-0.2, -0.15) is 0 Å². The summed E-state index contributed by atoms with van der Waals surface area (Å²) in [5.41, 5.74) is 0. The molecule has 1 aromatic heterocycles. The minimum absolute atomic E-state index is 0.388. The van der Waals surface area contributed by atoms with Crippen LogP contribution in [0.15, 0.2) is 24.4 Å². The largest absolute Gasteiger partial charge is 0.616 e. The van der Waals surface area contributed by atoms with Crippen LogP contribution in [-0.2, 0) is 0 Å². The van der Waals surface area contributed by atoms with Crippen molar-refractivity contribution in [2.45, 2.75) is 26.2 Å². The second-order valence-corrected chi connectivity index (χ2v) is 2.92. The molecule has 0 atom stereocenters. The molecule has 1 heterocycles. The molecule has 0 radical (unpaired) electrons. The molecule has 0 spiro atoms. The van der Waals surface area contributed by atoms with Crippen molar-refractivity contribution in [3.05, 3.63) is 29.6 Å². The molecule has 13 heavy (non-hydrogen) atoms. The highest BCUT2D eigenvalue weighted by Gasteiger charge is 2.02. The smallest absolute Gasteiger partial charge is 0.379 e. The van der Waals surface area contributed by atoms with Gasteiger partial charge in [-0.05, 0) is 12.5 Å². The van der Waals surface area contributed by atoms with E-state index in [1.54, 1.807) is 18.2 Å². The number of ether oxygens (including phenoxy) is 1. The summed E-state index contributed by atoms with van der Waals surface area (Å²) in [6, 6.07) is 5.16. The Morgan fingerprint density at radius 1 is 1.38 bits per heavy atom. The van der Waals surface area contributed by atoms with Gasteiger partial charge in [-0.1, -0.05) is 19.8 Å². The molecule has 0 aromatic carbocycles. The van der Waals surface area contributed by atoms with Crippen molar-refractivity contribution in [1.29, 1.82) is 0 Å². The standard InChI is InChI=1S/C10H15NO2/c1-2-3-6-9-13-10-7-4-5-8-11(10)12/h4-5,7-8H,2-3,6,9H2,1H3. The van der Waals surface area contributed by atoms with Crippen LogP contribution >= 0.6 is 0 Å². The first-order chi connectivity index (χ1) is 6.34. The molecule has 0 aliphatic carbocycles. The van der Waals surface area contributed by atoms with E-state index in [2.05, 4.69) is 6.92 Å². The summed E-state index contributed by atoms with van der Waals surface area (Å²) in [5, 5.41) is 11.1. The number of aromatic nitrogens is 1. The summed E-state index contributed by atoms with van der Waals surface area (Å²) in [4.78, 5) is 0. The van der Waals surface area contributed by atoms with Crippen LogP contribution in [0.3, 0.4) is 0 Å². The van der Waals surface area contributed by atoms with E-state index in [-0.39, 0.29) is 0 Å². The van der Waals surface area contributed by atoms with Crippen molar-refractivity contribution in [3.63, 3.8) is 0 Å². The van der Waals surface area contributed by atoms with E-state index in [4.69, 9.17) is 4.74 Å². The molecule has 1 aromatic rings. The molecule has 0 saturated carbocycles. The van der Waals surface area contributed by atoms with Crippen LogP contribution in [0.25, 0.3) is 0 Å². The lowest BCUT2D eigenvalue weighted by molar-refractivity contribution is -0.612. The van der Waals surface area contributed by atoms with Gasteiger partial charge in [-0.3, -0.25) is 0 Å². The van der Waals surface area contributed by atoms with Gasteiger partial charge in [0.15, 0.2) is 6.20 Å². The van der Waals surface area contributed by atoms with Crippen LogP contribution in [-0.4, -0.2) is 6.61 Å². The third-order valence-corrected chi connectivity index (χ3v) is 1.79. The molecule has 0 amide bonds. The van der Waals surface area contributed by atoms with Crippen LogP contribution in [0, 0.1) is 5.21 Å². The molecule has 1 rings (SSSR count). The highest BCUT2D eigenvalue weighted by molar-refractivity contribution is 5.02. The lowest BCUT2D eigenvalue weighted by Gasteiger charge is -2.04. The molecule has 0 saturated heterocycles. The lowest BCUT2D eigenvalue weighted by atomic mass is 10.3. The van der Waals surface area contributed by atoms with Crippen LogP contribution in [0.5, 0.6) is 5.88 Å². The Labute approximate surface area is 78.5 Å². The Balaban J connectivity index is 2.32. The highest BCUT2D eigenvalue weighted by atomic mass is 16.5. The monoisotopic (exact) mass is 181 g/mol. The number of pyridine rings is 1. The first-order valence-corrected chi connectivity index (χ1v) is 4.65. The van der Waals surface area contributed by atoms with Gasteiger partial charge < -0.3 is 9.94 Å². The summed E-state index contributed by atoms with van der Waals surface area (Å²) in [6.45, 7) is 2.76. The zero-order valence-corrected chi connectivity index (χ0v) is 7.90. The van der Waals surface area contributed by atoms with Crippen LogP contribution in [0.4, 0.5) is 0 Å². The van der Waals surface area contributed by atoms with Crippen molar-refractivity contribution in [1.82, 2.24) is 0 Å². The molecule has 0 aliphatic heterocycles. The van der Waals surface area contributed by atoms with Gasteiger partial charge in [0.1, 0.15) is 0 Å². The van der Waals surface area contributed by atoms with Crippen molar-refractivity contribution in [2.24, 2.45) is 0 Å². The first-order valence-electron chi connectivity index (χ1n) is 4.65. The average molecular weight is 181 g/mol. The van der Waals surface area contributed by atoms with Crippen molar-refractivity contribution >= 4 is 0 Å². The topological polar surface area (TPSA) is 36.2 Å². The normalized spacial score (nSPS) is 9.92. The predicted molar refractivity (Wildman–Crippen MR) is 50.4 cm³/mol. The quantitative estimate of drug-likeness (QED) is 0.395. The van der Waals surface area contributed by atoms with E-state index in [1.165, 1.54) is 6.20 Å². The number of rotatable bonds is 5. The van der Waals surface area contributed by atoms with Gasteiger partial charge in [0.2, 0.25) is 0 Å². The van der Waals surface area contributed by atoms with Gasteiger partial charge in [0.25, 0.3) is 0 Å². The Bertz CT molecular complexity index is 250.